The zero-order valence-corrected chi connectivity index (χ0v) is 16.2. The fourth-order valence-electron chi connectivity index (χ4n) is 3.45. The van der Waals surface area contributed by atoms with Crippen molar-refractivity contribution in [3.63, 3.8) is 0 Å². The Morgan fingerprint density at radius 3 is 2.39 bits per heavy atom. The standard InChI is InChI=1S/C23H23N3O2/c1-15(2)16-6-8-17(9-7-16)25-22-21-20(5-4-14-24-21)23(27)26(22)18-10-12-19(28-3)13-11-18/h4-15,22,25H,1-3H3. The number of pyridine rings is 1. The van der Waals surface area contributed by atoms with E-state index in [0.717, 1.165) is 22.8 Å². The van der Waals surface area contributed by atoms with Gasteiger partial charge in [-0.05, 0) is 60.0 Å². The molecule has 1 amide bonds. The Kier molecular flexibility index (Phi) is 4.74. The van der Waals surface area contributed by atoms with Gasteiger partial charge in [0.25, 0.3) is 5.91 Å². The minimum atomic E-state index is -0.373. The van der Waals surface area contributed by atoms with E-state index in [2.05, 4.69) is 36.3 Å². The third kappa shape index (κ3) is 3.20. The van der Waals surface area contributed by atoms with Gasteiger partial charge in [0.2, 0.25) is 0 Å². The summed E-state index contributed by atoms with van der Waals surface area (Å²) in [5.41, 5.74) is 4.36. The third-order valence-corrected chi connectivity index (χ3v) is 5.04. The summed E-state index contributed by atoms with van der Waals surface area (Å²) < 4.78 is 5.24. The highest BCUT2D eigenvalue weighted by Crippen LogP contribution is 2.37. The van der Waals surface area contributed by atoms with Gasteiger partial charge in [0.15, 0.2) is 6.17 Å². The maximum Gasteiger partial charge on any atom is 0.262 e. The van der Waals surface area contributed by atoms with E-state index in [1.165, 1.54) is 5.56 Å². The molecule has 0 bridgehead atoms. The van der Waals surface area contributed by atoms with E-state index in [-0.39, 0.29) is 12.1 Å². The monoisotopic (exact) mass is 373 g/mol. The number of benzene rings is 2. The summed E-state index contributed by atoms with van der Waals surface area (Å²) in [5.74, 6) is 1.16. The van der Waals surface area contributed by atoms with Gasteiger partial charge in [-0.1, -0.05) is 26.0 Å². The summed E-state index contributed by atoms with van der Waals surface area (Å²) in [7, 11) is 1.63. The van der Waals surface area contributed by atoms with E-state index >= 15 is 0 Å². The Morgan fingerprint density at radius 2 is 1.75 bits per heavy atom. The molecule has 0 radical (unpaired) electrons. The maximum absolute atomic E-state index is 13.1. The Balaban J connectivity index is 1.70. The number of methoxy groups -OCH3 is 1. The molecule has 28 heavy (non-hydrogen) atoms. The van der Waals surface area contributed by atoms with Crippen LogP contribution in [-0.4, -0.2) is 18.0 Å². The number of aromatic nitrogens is 1. The number of hydrogen-bond donors (Lipinski definition) is 1. The normalized spacial score (nSPS) is 15.6. The molecule has 0 saturated heterocycles. The van der Waals surface area contributed by atoms with E-state index in [1.54, 1.807) is 24.3 Å². The van der Waals surface area contributed by atoms with Crippen LogP contribution in [0.2, 0.25) is 0 Å². The Labute approximate surface area is 165 Å². The van der Waals surface area contributed by atoms with Crippen molar-refractivity contribution in [3.8, 4) is 5.75 Å². The third-order valence-electron chi connectivity index (χ3n) is 5.04. The number of fused-ring (bicyclic) bond motifs is 1. The smallest absolute Gasteiger partial charge is 0.262 e. The molecule has 4 rings (SSSR count). The van der Waals surface area contributed by atoms with E-state index in [9.17, 15) is 4.79 Å². The highest BCUT2D eigenvalue weighted by atomic mass is 16.5. The number of amides is 1. The summed E-state index contributed by atoms with van der Waals surface area (Å²) in [6.07, 6.45) is 1.35. The largest absolute Gasteiger partial charge is 0.497 e. The zero-order chi connectivity index (χ0) is 19.7. The van der Waals surface area contributed by atoms with Gasteiger partial charge in [-0.15, -0.1) is 0 Å². The molecule has 0 spiro atoms. The highest BCUT2D eigenvalue weighted by Gasteiger charge is 2.39. The van der Waals surface area contributed by atoms with Crippen molar-refractivity contribution >= 4 is 17.3 Å². The number of nitrogens with one attached hydrogen (secondary N) is 1. The minimum Gasteiger partial charge on any atom is -0.497 e. The highest BCUT2D eigenvalue weighted by molar-refractivity contribution is 6.11. The molecule has 0 saturated carbocycles. The summed E-state index contributed by atoms with van der Waals surface area (Å²) in [6.45, 7) is 4.34. The second-order valence-electron chi connectivity index (χ2n) is 7.13. The lowest BCUT2D eigenvalue weighted by Crippen LogP contribution is -2.32. The van der Waals surface area contributed by atoms with Gasteiger partial charge in [-0.2, -0.15) is 0 Å². The van der Waals surface area contributed by atoms with E-state index < -0.39 is 0 Å². The number of anilines is 2. The van der Waals surface area contributed by atoms with Gasteiger partial charge in [-0.25, -0.2) is 0 Å². The van der Waals surface area contributed by atoms with Crippen LogP contribution in [-0.2, 0) is 0 Å². The maximum atomic E-state index is 13.1. The number of ether oxygens (including phenoxy) is 1. The minimum absolute atomic E-state index is 0.0652. The molecule has 0 fully saturated rings. The quantitative estimate of drug-likeness (QED) is 0.685. The summed E-state index contributed by atoms with van der Waals surface area (Å²) in [4.78, 5) is 19.3. The molecule has 5 nitrogen and oxygen atoms in total. The van der Waals surface area contributed by atoms with Crippen LogP contribution in [0.5, 0.6) is 5.75 Å². The first-order valence-electron chi connectivity index (χ1n) is 9.37. The molecule has 1 N–H and O–H groups in total. The molecule has 142 valence electrons. The van der Waals surface area contributed by atoms with E-state index in [4.69, 9.17) is 4.74 Å². The van der Waals surface area contributed by atoms with Crippen LogP contribution >= 0.6 is 0 Å². The van der Waals surface area contributed by atoms with Gasteiger partial charge in [0.1, 0.15) is 5.75 Å². The first-order valence-corrected chi connectivity index (χ1v) is 9.37. The molecule has 3 aromatic rings. The first-order chi connectivity index (χ1) is 13.6. The number of rotatable bonds is 5. The van der Waals surface area contributed by atoms with Crippen LogP contribution < -0.4 is 15.0 Å². The summed E-state index contributed by atoms with van der Waals surface area (Å²) >= 11 is 0. The average Bonchev–Trinajstić information content (AvgIpc) is 3.00. The van der Waals surface area contributed by atoms with Gasteiger partial charge in [0.05, 0.1) is 18.4 Å². The van der Waals surface area contributed by atoms with Crippen LogP contribution in [0.4, 0.5) is 11.4 Å². The zero-order valence-electron chi connectivity index (χ0n) is 16.2. The Morgan fingerprint density at radius 1 is 1.04 bits per heavy atom. The first kappa shape index (κ1) is 18.0. The fraction of sp³-hybridized carbons (Fsp3) is 0.217. The molecule has 1 unspecified atom stereocenters. The molecule has 1 aromatic heterocycles. The predicted octanol–water partition coefficient (Wildman–Crippen LogP) is 4.98. The number of hydrogen-bond acceptors (Lipinski definition) is 4. The predicted molar refractivity (Wildman–Crippen MR) is 111 cm³/mol. The molecule has 2 heterocycles. The van der Waals surface area contributed by atoms with Crippen molar-refractivity contribution in [2.75, 3.05) is 17.3 Å². The summed E-state index contributed by atoms with van der Waals surface area (Å²) in [5, 5.41) is 3.48. The lowest BCUT2D eigenvalue weighted by Gasteiger charge is -2.27. The van der Waals surface area contributed by atoms with Crippen molar-refractivity contribution in [1.29, 1.82) is 0 Å². The molecule has 5 heteroatoms. The average molecular weight is 373 g/mol. The van der Waals surface area contributed by atoms with Gasteiger partial charge < -0.3 is 10.1 Å². The van der Waals surface area contributed by atoms with Crippen LogP contribution in [0.1, 0.15) is 47.5 Å². The van der Waals surface area contributed by atoms with Crippen LogP contribution in [0, 0.1) is 0 Å². The molecular formula is C23H23N3O2. The van der Waals surface area contributed by atoms with Gasteiger partial charge in [0, 0.05) is 17.6 Å². The van der Waals surface area contributed by atoms with Crippen LogP contribution in [0.3, 0.4) is 0 Å². The number of carbonyl (C=O) groups excluding carboxylic acids is 1. The fourth-order valence-corrected chi connectivity index (χ4v) is 3.45. The van der Waals surface area contributed by atoms with Crippen molar-refractivity contribution in [2.45, 2.75) is 25.9 Å². The Bertz CT molecular complexity index is 981. The number of nitrogens with zero attached hydrogens (tertiary/aromatic N) is 2. The van der Waals surface area contributed by atoms with Crippen LogP contribution in [0.25, 0.3) is 0 Å². The van der Waals surface area contributed by atoms with Crippen molar-refractivity contribution in [2.24, 2.45) is 0 Å². The molecular weight excluding hydrogens is 350 g/mol. The molecule has 1 aliphatic rings. The second kappa shape index (κ2) is 7.35. The van der Waals surface area contributed by atoms with Crippen molar-refractivity contribution in [3.05, 3.63) is 83.7 Å². The topological polar surface area (TPSA) is 54.5 Å². The lowest BCUT2D eigenvalue weighted by molar-refractivity contribution is 0.0993. The van der Waals surface area contributed by atoms with E-state index in [1.807, 2.05) is 42.5 Å². The SMILES string of the molecule is COc1ccc(N2C(=O)c3cccnc3C2Nc2ccc(C(C)C)cc2)cc1. The second-order valence-corrected chi connectivity index (χ2v) is 7.13. The van der Waals surface area contributed by atoms with Crippen molar-refractivity contribution in [1.82, 2.24) is 4.98 Å². The van der Waals surface area contributed by atoms with E-state index in [0.29, 0.717) is 11.5 Å². The van der Waals surface area contributed by atoms with Crippen LogP contribution in [0.15, 0.2) is 66.9 Å². The lowest BCUT2D eigenvalue weighted by atomic mass is 10.0. The molecule has 0 aliphatic carbocycles. The van der Waals surface area contributed by atoms with Gasteiger partial charge >= 0.3 is 0 Å². The van der Waals surface area contributed by atoms with Crippen molar-refractivity contribution < 1.29 is 9.53 Å². The Hall–Kier alpha value is -3.34. The molecule has 1 atom stereocenters. The molecule has 1 aliphatic heterocycles. The van der Waals surface area contributed by atoms with Gasteiger partial charge in [-0.3, -0.25) is 14.7 Å². The molecule has 2 aromatic carbocycles. The summed E-state index contributed by atoms with van der Waals surface area (Å²) in [6, 6.07) is 19.4. The number of carbonyl (C=O) groups is 1.